The first-order chi connectivity index (χ1) is 10.6. The Kier molecular flexibility index (Phi) is 4.27. The van der Waals surface area contributed by atoms with E-state index in [9.17, 15) is 4.79 Å². The lowest BCUT2D eigenvalue weighted by atomic mass is 9.94. The molecule has 1 saturated heterocycles. The molecule has 2 aromatic heterocycles. The van der Waals surface area contributed by atoms with Crippen LogP contribution in [-0.2, 0) is 6.42 Å². The lowest BCUT2D eigenvalue weighted by molar-refractivity contribution is 0.0639. The topological polar surface area (TPSA) is 64.2 Å². The fourth-order valence-electron chi connectivity index (χ4n) is 3.07. The van der Waals surface area contributed by atoms with Crippen molar-refractivity contribution in [3.05, 3.63) is 36.3 Å². The lowest BCUT2D eigenvalue weighted by Gasteiger charge is -2.32. The van der Waals surface area contributed by atoms with Crippen LogP contribution in [0.2, 0.25) is 0 Å². The van der Waals surface area contributed by atoms with Gasteiger partial charge in [0.2, 0.25) is 0 Å². The van der Waals surface area contributed by atoms with Crippen molar-refractivity contribution in [1.82, 2.24) is 19.7 Å². The van der Waals surface area contributed by atoms with E-state index in [0.29, 0.717) is 17.7 Å². The number of hydrogen-bond acceptors (Lipinski definition) is 4. The molecular formula is C16H22N4O2. The Morgan fingerprint density at radius 3 is 3.09 bits per heavy atom. The van der Waals surface area contributed by atoms with Gasteiger partial charge in [-0.3, -0.25) is 4.79 Å². The van der Waals surface area contributed by atoms with Gasteiger partial charge in [0, 0.05) is 25.6 Å². The molecule has 22 heavy (non-hydrogen) atoms. The number of hydrogen-bond donors (Lipinski definition) is 0. The van der Waals surface area contributed by atoms with Crippen molar-refractivity contribution in [3.63, 3.8) is 0 Å². The number of furan rings is 1. The highest BCUT2D eigenvalue weighted by Gasteiger charge is 2.27. The van der Waals surface area contributed by atoms with Gasteiger partial charge in [0.1, 0.15) is 12.2 Å². The molecule has 3 rings (SSSR count). The highest BCUT2D eigenvalue weighted by atomic mass is 16.3. The molecule has 0 aromatic carbocycles. The van der Waals surface area contributed by atoms with Crippen molar-refractivity contribution in [2.45, 2.75) is 39.2 Å². The fourth-order valence-corrected chi connectivity index (χ4v) is 3.07. The van der Waals surface area contributed by atoms with Crippen molar-refractivity contribution in [2.24, 2.45) is 5.92 Å². The number of nitrogens with zero attached hydrogens (tertiary/aromatic N) is 4. The molecule has 1 fully saturated rings. The largest absolute Gasteiger partial charge is 0.459 e. The first-order valence-electron chi connectivity index (χ1n) is 7.86. The molecule has 1 aliphatic rings. The zero-order valence-electron chi connectivity index (χ0n) is 13.1. The highest BCUT2D eigenvalue weighted by molar-refractivity contribution is 5.91. The smallest absolute Gasteiger partial charge is 0.289 e. The molecule has 3 heterocycles. The van der Waals surface area contributed by atoms with Crippen molar-refractivity contribution >= 4 is 5.91 Å². The minimum atomic E-state index is -0.0139. The zero-order chi connectivity index (χ0) is 15.5. The SMILES string of the molecule is CC(C)n1cnnc1CC1CCCN(C(=O)c2ccco2)C1. The van der Waals surface area contributed by atoms with E-state index in [1.807, 2.05) is 4.90 Å². The molecule has 1 aliphatic heterocycles. The van der Waals surface area contributed by atoms with Crippen LogP contribution in [0, 0.1) is 5.92 Å². The average Bonchev–Trinajstić information content (AvgIpc) is 3.18. The van der Waals surface area contributed by atoms with Crippen LogP contribution in [0.5, 0.6) is 0 Å². The quantitative estimate of drug-likeness (QED) is 0.870. The molecule has 1 unspecified atom stereocenters. The first-order valence-corrected chi connectivity index (χ1v) is 7.86. The molecule has 1 amide bonds. The van der Waals surface area contributed by atoms with Crippen molar-refractivity contribution in [1.29, 1.82) is 0 Å². The summed E-state index contributed by atoms with van der Waals surface area (Å²) in [6.45, 7) is 5.80. The van der Waals surface area contributed by atoms with Gasteiger partial charge in [0.15, 0.2) is 5.76 Å². The number of likely N-dealkylation sites (tertiary alicyclic amines) is 1. The zero-order valence-corrected chi connectivity index (χ0v) is 13.1. The second-order valence-corrected chi connectivity index (χ2v) is 6.19. The number of carbonyl (C=O) groups is 1. The van der Waals surface area contributed by atoms with Gasteiger partial charge in [-0.15, -0.1) is 10.2 Å². The molecule has 6 heteroatoms. The van der Waals surface area contributed by atoms with Crippen LogP contribution in [0.25, 0.3) is 0 Å². The molecule has 1 atom stereocenters. The van der Waals surface area contributed by atoms with Gasteiger partial charge in [-0.2, -0.15) is 0 Å². The monoisotopic (exact) mass is 302 g/mol. The standard InChI is InChI=1S/C16H22N4O2/c1-12(2)20-11-17-18-15(20)9-13-5-3-7-19(10-13)16(21)14-6-4-8-22-14/h4,6,8,11-13H,3,5,7,9-10H2,1-2H3. The van der Waals surface area contributed by atoms with E-state index in [-0.39, 0.29) is 5.91 Å². The van der Waals surface area contributed by atoms with E-state index in [0.717, 1.165) is 38.2 Å². The number of rotatable bonds is 4. The lowest BCUT2D eigenvalue weighted by Crippen LogP contribution is -2.40. The molecule has 0 bridgehead atoms. The average molecular weight is 302 g/mol. The summed E-state index contributed by atoms with van der Waals surface area (Å²) in [5.74, 6) is 1.84. The third-order valence-electron chi connectivity index (χ3n) is 4.21. The van der Waals surface area contributed by atoms with Gasteiger partial charge < -0.3 is 13.9 Å². The second-order valence-electron chi connectivity index (χ2n) is 6.19. The second kappa shape index (κ2) is 6.34. The first kappa shape index (κ1) is 14.8. The van der Waals surface area contributed by atoms with Crippen molar-refractivity contribution in [3.8, 4) is 0 Å². The van der Waals surface area contributed by atoms with Crippen LogP contribution in [0.4, 0.5) is 0 Å². The molecular weight excluding hydrogens is 280 g/mol. The maximum Gasteiger partial charge on any atom is 0.289 e. The molecule has 0 N–H and O–H groups in total. The summed E-state index contributed by atoms with van der Waals surface area (Å²) in [5.41, 5.74) is 0. The molecule has 2 aromatic rings. The molecule has 0 aliphatic carbocycles. The summed E-state index contributed by atoms with van der Waals surface area (Å²) >= 11 is 0. The summed E-state index contributed by atoms with van der Waals surface area (Å²) in [6, 6.07) is 3.83. The van der Waals surface area contributed by atoms with Crippen LogP contribution in [0.3, 0.4) is 0 Å². The van der Waals surface area contributed by atoms with Crippen molar-refractivity contribution in [2.75, 3.05) is 13.1 Å². The predicted octanol–water partition coefficient (Wildman–Crippen LogP) is 2.55. The maximum atomic E-state index is 12.4. The Balaban J connectivity index is 1.66. The van der Waals surface area contributed by atoms with Crippen LogP contribution in [0.1, 0.15) is 49.1 Å². The van der Waals surface area contributed by atoms with Gasteiger partial charge in [-0.25, -0.2) is 0 Å². The number of piperidine rings is 1. The summed E-state index contributed by atoms with van der Waals surface area (Å²) in [4.78, 5) is 14.3. The highest BCUT2D eigenvalue weighted by Crippen LogP contribution is 2.22. The van der Waals surface area contributed by atoms with E-state index in [4.69, 9.17) is 4.42 Å². The van der Waals surface area contributed by atoms with Crippen LogP contribution < -0.4 is 0 Å². The van der Waals surface area contributed by atoms with E-state index in [1.165, 1.54) is 0 Å². The summed E-state index contributed by atoms with van der Waals surface area (Å²) in [6.07, 6.45) is 6.33. The predicted molar refractivity (Wildman–Crippen MR) is 81.4 cm³/mol. The Morgan fingerprint density at radius 1 is 1.50 bits per heavy atom. The minimum Gasteiger partial charge on any atom is -0.459 e. The third-order valence-corrected chi connectivity index (χ3v) is 4.21. The van der Waals surface area contributed by atoms with Crippen molar-refractivity contribution < 1.29 is 9.21 Å². The maximum absolute atomic E-state index is 12.4. The molecule has 0 spiro atoms. The van der Waals surface area contributed by atoms with Crippen LogP contribution in [-0.4, -0.2) is 38.7 Å². The summed E-state index contributed by atoms with van der Waals surface area (Å²) in [7, 11) is 0. The Bertz CT molecular complexity index is 618. The van der Waals surface area contributed by atoms with E-state index in [2.05, 4.69) is 28.6 Å². The number of amides is 1. The summed E-state index contributed by atoms with van der Waals surface area (Å²) < 4.78 is 7.33. The minimum absolute atomic E-state index is 0.0139. The Morgan fingerprint density at radius 2 is 2.36 bits per heavy atom. The van der Waals surface area contributed by atoms with Gasteiger partial charge in [-0.1, -0.05) is 0 Å². The fraction of sp³-hybridized carbons (Fsp3) is 0.562. The normalized spacial score (nSPS) is 18.9. The van der Waals surface area contributed by atoms with Gasteiger partial charge in [-0.05, 0) is 44.7 Å². The molecule has 0 saturated carbocycles. The molecule has 118 valence electrons. The summed E-state index contributed by atoms with van der Waals surface area (Å²) in [5, 5.41) is 8.26. The van der Waals surface area contributed by atoms with Gasteiger partial charge in [0.05, 0.1) is 6.26 Å². The number of aromatic nitrogens is 3. The Hall–Kier alpha value is -2.11. The van der Waals surface area contributed by atoms with E-state index >= 15 is 0 Å². The van der Waals surface area contributed by atoms with Gasteiger partial charge >= 0.3 is 0 Å². The molecule has 0 radical (unpaired) electrons. The molecule has 6 nitrogen and oxygen atoms in total. The van der Waals surface area contributed by atoms with E-state index in [1.54, 1.807) is 24.7 Å². The van der Waals surface area contributed by atoms with Crippen LogP contribution >= 0.6 is 0 Å². The number of carbonyl (C=O) groups excluding carboxylic acids is 1. The van der Waals surface area contributed by atoms with Crippen LogP contribution in [0.15, 0.2) is 29.1 Å². The van der Waals surface area contributed by atoms with E-state index < -0.39 is 0 Å². The third kappa shape index (κ3) is 3.05. The van der Waals surface area contributed by atoms with Gasteiger partial charge in [0.25, 0.3) is 5.91 Å². The Labute approximate surface area is 130 Å².